The highest BCUT2D eigenvalue weighted by atomic mass is 32.1. The number of Topliss-reactive ketones (excluding diaryl/α,β-unsaturated/α-hetero) is 1. The quantitative estimate of drug-likeness (QED) is 0.276. The largest absolute Gasteiger partial charge is 0.396 e. The van der Waals surface area contributed by atoms with Crippen molar-refractivity contribution >= 4 is 40.2 Å². The summed E-state index contributed by atoms with van der Waals surface area (Å²) in [6.45, 7) is 13.1. The number of allylic oxidation sites excluding steroid dienone is 1. The van der Waals surface area contributed by atoms with E-state index in [1.54, 1.807) is 0 Å². The molecule has 2 aliphatic carbocycles. The minimum atomic E-state index is -0.293. The minimum Gasteiger partial charge on any atom is -0.396 e. The van der Waals surface area contributed by atoms with Gasteiger partial charge in [0, 0.05) is 49.1 Å². The Morgan fingerprint density at radius 2 is 1.70 bits per heavy atom. The molecule has 0 bridgehead atoms. The number of benzene rings is 2. The maximum Gasteiger partial charge on any atom is 0.174 e. The van der Waals surface area contributed by atoms with Crippen LogP contribution in [0.2, 0.25) is 0 Å². The van der Waals surface area contributed by atoms with Crippen molar-refractivity contribution < 1.29 is 9.90 Å². The highest BCUT2D eigenvalue weighted by molar-refractivity contribution is 7.80. The van der Waals surface area contributed by atoms with Crippen LogP contribution in [0.5, 0.6) is 0 Å². The molecule has 1 aliphatic heterocycles. The summed E-state index contributed by atoms with van der Waals surface area (Å²) in [6, 6.07) is 17.2. The summed E-state index contributed by atoms with van der Waals surface area (Å²) in [5, 5.41) is 16.2. The summed E-state index contributed by atoms with van der Waals surface area (Å²) >= 11 is 6.20. The second-order valence-corrected chi connectivity index (χ2v) is 13.3. The van der Waals surface area contributed by atoms with Crippen LogP contribution in [-0.2, 0) is 4.79 Å². The van der Waals surface area contributed by atoms with Crippen LogP contribution >= 0.6 is 12.2 Å². The minimum absolute atomic E-state index is 0.0922. The third kappa shape index (κ3) is 7.98. The van der Waals surface area contributed by atoms with Gasteiger partial charge in [-0.25, -0.2) is 0 Å². The van der Waals surface area contributed by atoms with Crippen molar-refractivity contribution in [1.82, 2.24) is 5.32 Å². The smallest absolute Gasteiger partial charge is 0.174 e. The molecule has 1 heterocycles. The molecule has 43 heavy (non-hydrogen) atoms. The summed E-state index contributed by atoms with van der Waals surface area (Å²) in [7, 11) is 0. The second-order valence-electron chi connectivity index (χ2n) is 12.9. The third-order valence-electron chi connectivity index (χ3n) is 8.90. The van der Waals surface area contributed by atoms with Crippen molar-refractivity contribution in [1.29, 1.82) is 0 Å². The molecule has 234 valence electrons. The topological polar surface area (TPSA) is 67.8 Å². The molecule has 3 N–H and O–H groups in total. The van der Waals surface area contributed by atoms with E-state index < -0.39 is 0 Å². The Balaban J connectivity index is 0.000000782. The Morgan fingerprint density at radius 1 is 1.02 bits per heavy atom. The van der Waals surface area contributed by atoms with Crippen LogP contribution in [0, 0.1) is 5.41 Å². The Bertz CT molecular complexity index is 1260. The monoisotopic (exact) mass is 604 g/mol. The Labute approximate surface area is 264 Å². The fourth-order valence-corrected chi connectivity index (χ4v) is 7.00. The average Bonchev–Trinajstić information content (AvgIpc) is 3.13. The molecule has 1 atom stereocenters. The van der Waals surface area contributed by atoms with Gasteiger partial charge in [0.1, 0.15) is 0 Å². The van der Waals surface area contributed by atoms with Crippen LogP contribution < -0.4 is 20.4 Å². The van der Waals surface area contributed by atoms with Crippen LogP contribution in [0.25, 0.3) is 0 Å². The number of unbranched alkanes of at least 4 members (excludes halogenated alkanes) is 1. The molecule has 0 radical (unpaired) electrons. The number of carbonyl (C=O) groups excluding carboxylic acids is 1. The summed E-state index contributed by atoms with van der Waals surface area (Å²) in [6.07, 6.45) is 9.44. The molecule has 1 fully saturated rings. The predicted molar refractivity (Wildman–Crippen MR) is 185 cm³/mol. The van der Waals surface area contributed by atoms with Gasteiger partial charge in [-0.1, -0.05) is 70.7 Å². The maximum atomic E-state index is 14.0. The fourth-order valence-electron chi connectivity index (χ4n) is 6.63. The van der Waals surface area contributed by atoms with E-state index in [0.29, 0.717) is 24.2 Å². The fraction of sp³-hybridized carbons (Fsp3) is 0.556. The molecule has 0 spiro atoms. The summed E-state index contributed by atoms with van der Waals surface area (Å²) in [5.41, 5.74) is 6.09. The van der Waals surface area contributed by atoms with Crippen molar-refractivity contribution in [3.05, 3.63) is 65.4 Å². The van der Waals surface area contributed by atoms with E-state index in [9.17, 15) is 4.79 Å². The van der Waals surface area contributed by atoms with Gasteiger partial charge >= 0.3 is 0 Å². The lowest BCUT2D eigenvalue weighted by atomic mass is 9.73. The van der Waals surface area contributed by atoms with Gasteiger partial charge in [0.05, 0.1) is 17.4 Å². The summed E-state index contributed by atoms with van der Waals surface area (Å²) in [5.74, 6) is 0.208. The first-order valence-electron chi connectivity index (χ1n) is 16.4. The summed E-state index contributed by atoms with van der Waals surface area (Å²) in [4.78, 5) is 18.5. The molecule has 5 rings (SSSR count). The van der Waals surface area contributed by atoms with Gasteiger partial charge in [-0.05, 0) is 87.0 Å². The van der Waals surface area contributed by atoms with E-state index in [4.69, 9.17) is 17.3 Å². The first kappa shape index (κ1) is 33.0. The number of hydrogen-bond acceptors (Lipinski definition) is 5. The van der Waals surface area contributed by atoms with E-state index in [1.165, 1.54) is 24.9 Å². The zero-order chi connectivity index (χ0) is 31.0. The van der Waals surface area contributed by atoms with Gasteiger partial charge in [0.2, 0.25) is 0 Å². The van der Waals surface area contributed by atoms with E-state index in [1.807, 2.05) is 0 Å². The number of rotatable bonds is 7. The second kappa shape index (κ2) is 15.2. The lowest BCUT2D eigenvalue weighted by molar-refractivity contribution is -0.118. The van der Waals surface area contributed by atoms with E-state index in [2.05, 4.69) is 104 Å². The molecular weight excluding hydrogens is 552 g/mol. The number of aliphatic hydroxyl groups is 1. The van der Waals surface area contributed by atoms with E-state index in [0.717, 1.165) is 73.4 Å². The van der Waals surface area contributed by atoms with Gasteiger partial charge in [-0.3, -0.25) is 4.79 Å². The first-order valence-corrected chi connectivity index (χ1v) is 16.8. The van der Waals surface area contributed by atoms with Crippen LogP contribution in [0.1, 0.15) is 104 Å². The number of thiocarbonyl (C=S) groups is 1. The highest BCUT2D eigenvalue weighted by Crippen LogP contribution is 2.48. The van der Waals surface area contributed by atoms with Gasteiger partial charge < -0.3 is 25.5 Å². The number of fused-ring (bicyclic) bond motifs is 1. The number of para-hydroxylation sites is 2. The van der Waals surface area contributed by atoms with E-state index in [-0.39, 0.29) is 17.2 Å². The lowest BCUT2D eigenvalue weighted by Gasteiger charge is -2.39. The normalized spacial score (nSPS) is 19.7. The molecule has 0 amide bonds. The summed E-state index contributed by atoms with van der Waals surface area (Å²) < 4.78 is 0. The molecule has 1 unspecified atom stereocenters. The maximum absolute atomic E-state index is 14.0. The van der Waals surface area contributed by atoms with Crippen LogP contribution in [0.15, 0.2) is 59.8 Å². The number of hydrogen-bond donors (Lipinski definition) is 3. The standard InChI is InChI=1S/C32H42N4OS.C4H10O/c1-5-35(6-2)24-18-16-22(17-19-24)30-29-26(20-32(3,4)21-28(29)37)34-25-14-10-11-15-27(25)36(30)31(38)33-23-12-8-7-9-13-23;1-2-3-4-5/h10-11,14-19,23,30,34H,5-9,12-13,20-21H2,1-4H3,(H,33,38);5H,2-4H2,1H3. The third-order valence-corrected chi connectivity index (χ3v) is 9.22. The molecule has 1 saturated carbocycles. The van der Waals surface area contributed by atoms with Gasteiger partial charge in [0.25, 0.3) is 0 Å². The zero-order valence-electron chi connectivity index (χ0n) is 26.9. The zero-order valence-corrected chi connectivity index (χ0v) is 27.7. The first-order chi connectivity index (χ1) is 20.7. The molecule has 0 saturated heterocycles. The number of ketones is 1. The van der Waals surface area contributed by atoms with Crippen molar-refractivity contribution in [2.75, 3.05) is 34.8 Å². The number of nitrogens with one attached hydrogen (secondary N) is 2. The van der Waals surface area contributed by atoms with Crippen molar-refractivity contribution in [2.45, 2.75) is 104 Å². The number of aliphatic hydroxyl groups excluding tert-OH is 1. The molecule has 7 heteroatoms. The molecule has 2 aromatic carbocycles. The predicted octanol–water partition coefficient (Wildman–Crippen LogP) is 8.14. The number of nitrogens with zero attached hydrogens (tertiary/aromatic N) is 2. The van der Waals surface area contributed by atoms with Crippen molar-refractivity contribution in [3.8, 4) is 0 Å². The highest BCUT2D eigenvalue weighted by Gasteiger charge is 2.42. The van der Waals surface area contributed by atoms with Crippen LogP contribution in [0.3, 0.4) is 0 Å². The Kier molecular flexibility index (Phi) is 11.7. The lowest BCUT2D eigenvalue weighted by Crippen LogP contribution is -2.48. The molecule has 0 aromatic heterocycles. The molecule has 3 aliphatic rings. The molecule has 2 aromatic rings. The van der Waals surface area contributed by atoms with Gasteiger partial charge in [-0.2, -0.15) is 0 Å². The van der Waals surface area contributed by atoms with Crippen molar-refractivity contribution in [3.63, 3.8) is 0 Å². The van der Waals surface area contributed by atoms with Crippen molar-refractivity contribution in [2.24, 2.45) is 5.41 Å². The van der Waals surface area contributed by atoms with Crippen LogP contribution in [0.4, 0.5) is 17.1 Å². The SMILES string of the molecule is CCCCO.CCN(CC)c1ccc(C2C3=C(CC(C)(C)CC3=O)Nc3ccccc3N2C(=S)NC2CCCCC2)cc1. The number of anilines is 3. The van der Waals surface area contributed by atoms with Gasteiger partial charge in [-0.15, -0.1) is 0 Å². The number of carbonyl (C=O) groups is 1. The average molecular weight is 605 g/mol. The van der Waals surface area contributed by atoms with E-state index >= 15 is 0 Å². The molecular formula is C36H52N4O2S. The Hall–Kier alpha value is -2.90. The van der Waals surface area contributed by atoms with Crippen LogP contribution in [-0.4, -0.2) is 41.7 Å². The molecule has 6 nitrogen and oxygen atoms in total. The van der Waals surface area contributed by atoms with Gasteiger partial charge in [0.15, 0.2) is 10.9 Å². The Morgan fingerprint density at radius 3 is 2.30 bits per heavy atom.